The number of nitrogens with zero attached hydrogens (tertiary/aromatic N) is 3. The minimum absolute atomic E-state index is 0.736. The molecule has 0 saturated heterocycles. The van der Waals surface area contributed by atoms with Crippen LogP contribution in [0.25, 0.3) is 0 Å². The fraction of sp³-hybridized carbons (Fsp3) is 0.500. The number of amidine groups is 1. The summed E-state index contributed by atoms with van der Waals surface area (Å²) in [5.74, 6) is 0.823. The zero-order chi connectivity index (χ0) is 9.56. The zero-order valence-electron chi connectivity index (χ0n) is 7.98. The van der Waals surface area contributed by atoms with E-state index in [1.54, 1.807) is 26.4 Å². The van der Waals surface area contributed by atoms with Gasteiger partial charge in [-0.2, -0.15) is 0 Å². The Morgan fingerprint density at radius 3 is 2.25 bits per heavy atom. The third kappa shape index (κ3) is 3.75. The van der Waals surface area contributed by atoms with Crippen molar-refractivity contribution in [2.75, 3.05) is 28.2 Å². The summed E-state index contributed by atoms with van der Waals surface area (Å²) < 4.78 is 0. The molecule has 0 aromatic rings. The van der Waals surface area contributed by atoms with Crippen molar-refractivity contribution in [1.82, 2.24) is 9.80 Å². The highest BCUT2D eigenvalue weighted by Crippen LogP contribution is 1.87. The summed E-state index contributed by atoms with van der Waals surface area (Å²) in [6.45, 7) is 0. The van der Waals surface area contributed by atoms with Crippen molar-refractivity contribution in [3.8, 4) is 0 Å². The summed E-state index contributed by atoms with van der Waals surface area (Å²) in [5.41, 5.74) is 0. The molecule has 1 amide bonds. The van der Waals surface area contributed by atoms with E-state index >= 15 is 0 Å². The number of rotatable bonds is 3. The van der Waals surface area contributed by atoms with E-state index in [0.29, 0.717) is 0 Å². The average Bonchev–Trinajstić information content (AvgIpc) is 2.04. The summed E-state index contributed by atoms with van der Waals surface area (Å²) in [7, 11) is 7.17. The van der Waals surface area contributed by atoms with E-state index in [2.05, 4.69) is 4.99 Å². The number of carbonyl (C=O) groups is 1. The molecule has 0 spiro atoms. The number of hydrogen-bond acceptors (Lipinski definition) is 2. The molecule has 0 unspecified atom stereocenters. The highest BCUT2D eigenvalue weighted by molar-refractivity contribution is 5.92. The van der Waals surface area contributed by atoms with Crippen LogP contribution < -0.4 is 0 Å². The van der Waals surface area contributed by atoms with Crippen molar-refractivity contribution in [3.63, 3.8) is 0 Å². The average molecular weight is 169 g/mol. The van der Waals surface area contributed by atoms with Gasteiger partial charge in [-0.25, -0.2) is 0 Å². The molecular formula is C8H15N3O. The van der Waals surface area contributed by atoms with Crippen molar-refractivity contribution in [3.05, 3.63) is 12.3 Å². The Morgan fingerprint density at radius 1 is 1.33 bits per heavy atom. The molecule has 0 N–H and O–H groups in total. The SMILES string of the molecule is C/N=C(\C=C/N(C)C=O)N(C)C. The summed E-state index contributed by atoms with van der Waals surface area (Å²) in [4.78, 5) is 17.5. The first kappa shape index (κ1) is 10.7. The Hall–Kier alpha value is -1.32. The molecule has 0 radical (unpaired) electrons. The van der Waals surface area contributed by atoms with Gasteiger partial charge >= 0.3 is 0 Å². The van der Waals surface area contributed by atoms with Crippen molar-refractivity contribution in [2.24, 2.45) is 4.99 Å². The molecular weight excluding hydrogens is 154 g/mol. The van der Waals surface area contributed by atoms with Crippen molar-refractivity contribution >= 4 is 12.2 Å². The van der Waals surface area contributed by atoms with E-state index in [9.17, 15) is 4.79 Å². The Morgan fingerprint density at radius 2 is 1.92 bits per heavy atom. The fourth-order valence-corrected chi connectivity index (χ4v) is 0.643. The molecule has 0 bridgehead atoms. The van der Waals surface area contributed by atoms with E-state index in [1.807, 2.05) is 19.0 Å². The van der Waals surface area contributed by atoms with Crippen LogP contribution in [-0.2, 0) is 4.79 Å². The lowest BCUT2D eigenvalue weighted by molar-refractivity contribution is -0.114. The van der Waals surface area contributed by atoms with Gasteiger partial charge in [-0.1, -0.05) is 0 Å². The molecule has 0 rings (SSSR count). The molecule has 12 heavy (non-hydrogen) atoms. The predicted molar refractivity (Wildman–Crippen MR) is 50.0 cm³/mol. The Balaban J connectivity index is 4.21. The predicted octanol–water partition coefficient (Wildman–Crippen LogP) is 0.178. The van der Waals surface area contributed by atoms with E-state index in [1.165, 1.54) is 4.90 Å². The number of carbonyl (C=O) groups excluding carboxylic acids is 1. The van der Waals surface area contributed by atoms with E-state index in [4.69, 9.17) is 0 Å². The number of hydrogen-bond donors (Lipinski definition) is 0. The molecule has 68 valence electrons. The highest BCUT2D eigenvalue weighted by atomic mass is 16.1. The number of likely N-dealkylation sites (N-methyl/N-ethyl adjacent to an activating group) is 1. The van der Waals surface area contributed by atoms with Crippen molar-refractivity contribution in [1.29, 1.82) is 0 Å². The van der Waals surface area contributed by atoms with Gasteiger partial charge in [-0.05, 0) is 6.08 Å². The van der Waals surface area contributed by atoms with Gasteiger partial charge in [0.05, 0.1) is 0 Å². The minimum Gasteiger partial charge on any atom is -0.363 e. The van der Waals surface area contributed by atoms with Gasteiger partial charge in [-0.3, -0.25) is 9.79 Å². The van der Waals surface area contributed by atoms with Gasteiger partial charge in [0.2, 0.25) is 6.41 Å². The molecule has 0 aliphatic carbocycles. The van der Waals surface area contributed by atoms with Crippen LogP contribution in [0, 0.1) is 0 Å². The minimum atomic E-state index is 0.736. The summed E-state index contributed by atoms with van der Waals surface area (Å²) in [5, 5.41) is 0. The van der Waals surface area contributed by atoms with Crippen LogP contribution in [0.5, 0.6) is 0 Å². The van der Waals surface area contributed by atoms with Crippen LogP contribution in [0.4, 0.5) is 0 Å². The van der Waals surface area contributed by atoms with Crippen LogP contribution in [0.15, 0.2) is 17.3 Å². The normalized spacial score (nSPS) is 11.8. The summed E-state index contributed by atoms with van der Waals surface area (Å²) in [6, 6.07) is 0. The number of aliphatic imine (C=N–C) groups is 1. The monoisotopic (exact) mass is 169 g/mol. The van der Waals surface area contributed by atoms with E-state index in [0.717, 1.165) is 12.2 Å². The first-order valence-corrected chi connectivity index (χ1v) is 3.61. The van der Waals surface area contributed by atoms with Gasteiger partial charge in [0.15, 0.2) is 0 Å². The van der Waals surface area contributed by atoms with Crippen LogP contribution in [0.1, 0.15) is 0 Å². The van der Waals surface area contributed by atoms with Gasteiger partial charge < -0.3 is 9.80 Å². The first-order valence-electron chi connectivity index (χ1n) is 3.61. The van der Waals surface area contributed by atoms with E-state index in [-0.39, 0.29) is 0 Å². The molecule has 0 aliphatic rings. The second kappa shape index (κ2) is 5.35. The van der Waals surface area contributed by atoms with Gasteiger partial charge in [0, 0.05) is 34.4 Å². The van der Waals surface area contributed by atoms with Crippen molar-refractivity contribution in [2.45, 2.75) is 0 Å². The molecule has 4 nitrogen and oxygen atoms in total. The molecule has 0 aromatic carbocycles. The Kier molecular flexibility index (Phi) is 4.76. The van der Waals surface area contributed by atoms with Crippen molar-refractivity contribution < 1.29 is 4.79 Å². The topological polar surface area (TPSA) is 35.9 Å². The second-order valence-electron chi connectivity index (χ2n) is 2.56. The molecule has 4 heteroatoms. The van der Waals surface area contributed by atoms with Crippen LogP contribution in [0.3, 0.4) is 0 Å². The third-order valence-corrected chi connectivity index (χ3v) is 1.31. The molecule has 0 aromatic heterocycles. The smallest absolute Gasteiger partial charge is 0.213 e. The lowest BCUT2D eigenvalue weighted by Crippen LogP contribution is -2.20. The maximum absolute atomic E-state index is 10.2. The largest absolute Gasteiger partial charge is 0.363 e. The lowest BCUT2D eigenvalue weighted by Gasteiger charge is -2.11. The number of amides is 1. The maximum atomic E-state index is 10.2. The summed E-state index contributed by atoms with van der Waals surface area (Å²) >= 11 is 0. The molecule has 0 saturated carbocycles. The summed E-state index contributed by atoms with van der Waals surface area (Å²) in [6.07, 6.45) is 4.17. The maximum Gasteiger partial charge on any atom is 0.213 e. The molecule has 0 fully saturated rings. The van der Waals surface area contributed by atoms with Crippen LogP contribution in [-0.4, -0.2) is 50.2 Å². The van der Waals surface area contributed by atoms with Gasteiger partial charge in [0.25, 0.3) is 0 Å². The van der Waals surface area contributed by atoms with Gasteiger partial charge in [-0.15, -0.1) is 0 Å². The molecule has 0 aliphatic heterocycles. The second-order valence-corrected chi connectivity index (χ2v) is 2.56. The standard InChI is InChI=1S/C8H15N3O/c1-9-8(10(2)3)5-6-11(4)7-12/h5-7H,1-4H3/b6-5-,9-8+. The quantitative estimate of drug-likeness (QED) is 0.343. The Bertz CT molecular complexity index is 196. The first-order chi connectivity index (χ1) is 5.61. The molecule has 0 atom stereocenters. The highest BCUT2D eigenvalue weighted by Gasteiger charge is 1.93. The van der Waals surface area contributed by atoms with Crippen LogP contribution >= 0.6 is 0 Å². The van der Waals surface area contributed by atoms with E-state index < -0.39 is 0 Å². The van der Waals surface area contributed by atoms with Gasteiger partial charge in [0.1, 0.15) is 5.84 Å². The zero-order valence-corrected chi connectivity index (χ0v) is 7.98. The molecule has 0 heterocycles. The Labute approximate surface area is 73.2 Å². The lowest BCUT2D eigenvalue weighted by atomic mass is 10.5. The van der Waals surface area contributed by atoms with Crippen LogP contribution in [0.2, 0.25) is 0 Å². The third-order valence-electron chi connectivity index (χ3n) is 1.31. The fourth-order valence-electron chi connectivity index (χ4n) is 0.643.